The number of ether oxygens (including phenoxy) is 1. The van der Waals surface area contributed by atoms with Crippen molar-refractivity contribution in [1.29, 1.82) is 0 Å². The molecule has 0 amide bonds. The van der Waals surface area contributed by atoms with Crippen LogP contribution in [0.1, 0.15) is 6.23 Å². The highest BCUT2D eigenvalue weighted by atomic mass is 16.6. The molecule has 0 aromatic carbocycles. The van der Waals surface area contributed by atoms with E-state index in [-0.39, 0.29) is 5.82 Å². The van der Waals surface area contributed by atoms with Crippen LogP contribution in [-0.2, 0) is 4.74 Å². The number of aromatic nitrogens is 4. The van der Waals surface area contributed by atoms with E-state index < -0.39 is 31.1 Å². The Kier molecular flexibility index (Phi) is 2.82. The summed E-state index contributed by atoms with van der Waals surface area (Å²) in [6.45, 7) is -0.395. The molecule has 2 aromatic rings. The van der Waals surface area contributed by atoms with Gasteiger partial charge in [0, 0.05) is 0 Å². The van der Waals surface area contributed by atoms with Crippen molar-refractivity contribution >= 4 is 17.0 Å². The normalized spacial score (nSPS) is 31.1. The quantitative estimate of drug-likeness (QED) is 0.491. The third-order valence-corrected chi connectivity index (χ3v) is 3.19. The molecule has 0 radical (unpaired) electrons. The average Bonchev–Trinajstić information content (AvgIpc) is 2.94. The average molecular weight is 267 g/mol. The lowest BCUT2D eigenvalue weighted by atomic mass is 10.1. The van der Waals surface area contributed by atoms with Crippen molar-refractivity contribution in [3.8, 4) is 0 Å². The summed E-state index contributed by atoms with van der Waals surface area (Å²) in [5.41, 5.74) is 6.54. The monoisotopic (exact) mass is 267 g/mol. The van der Waals surface area contributed by atoms with Crippen LogP contribution in [0.5, 0.6) is 0 Å². The van der Waals surface area contributed by atoms with Crippen LogP contribution in [0.25, 0.3) is 11.2 Å². The first-order valence-corrected chi connectivity index (χ1v) is 5.69. The minimum absolute atomic E-state index is 0.195. The van der Waals surface area contributed by atoms with Gasteiger partial charge in [0.25, 0.3) is 0 Å². The highest BCUT2D eigenvalue weighted by Gasteiger charge is 2.43. The molecule has 4 unspecified atom stereocenters. The van der Waals surface area contributed by atoms with Crippen LogP contribution in [0.2, 0.25) is 0 Å². The molecule has 2 aromatic heterocycles. The predicted molar refractivity (Wildman–Crippen MR) is 62.7 cm³/mol. The largest absolute Gasteiger partial charge is 0.394 e. The zero-order valence-electron chi connectivity index (χ0n) is 9.79. The lowest BCUT2D eigenvalue weighted by molar-refractivity contribution is -0.0508. The number of nitrogens with zero attached hydrogens (tertiary/aromatic N) is 4. The molecular formula is C10H13N5O4. The zero-order chi connectivity index (χ0) is 13.6. The number of nitrogen functional groups attached to an aromatic ring is 1. The molecule has 3 heterocycles. The fourth-order valence-electron chi connectivity index (χ4n) is 2.20. The van der Waals surface area contributed by atoms with Crippen LogP contribution in [-0.4, -0.2) is 59.8 Å². The third-order valence-electron chi connectivity index (χ3n) is 3.19. The molecular weight excluding hydrogens is 254 g/mol. The van der Waals surface area contributed by atoms with E-state index in [0.29, 0.717) is 11.2 Å². The molecule has 1 saturated heterocycles. The van der Waals surface area contributed by atoms with E-state index in [0.717, 1.165) is 0 Å². The fourth-order valence-corrected chi connectivity index (χ4v) is 2.20. The number of nitrogens with two attached hydrogens (primary N) is 1. The van der Waals surface area contributed by atoms with Gasteiger partial charge in [-0.3, -0.25) is 4.57 Å². The van der Waals surface area contributed by atoms with E-state index in [2.05, 4.69) is 15.0 Å². The minimum atomic E-state index is -1.20. The first-order chi connectivity index (χ1) is 9.13. The Morgan fingerprint density at radius 3 is 2.74 bits per heavy atom. The Bertz CT molecular complexity index is 603. The minimum Gasteiger partial charge on any atom is -0.394 e. The maximum absolute atomic E-state index is 9.96. The smallest absolute Gasteiger partial charge is 0.183 e. The molecule has 3 rings (SSSR count). The number of aliphatic hydroxyl groups excluding tert-OH is 3. The molecule has 0 spiro atoms. The molecule has 19 heavy (non-hydrogen) atoms. The lowest BCUT2D eigenvalue weighted by Crippen LogP contribution is -2.33. The Hall–Kier alpha value is -1.81. The number of fused-ring (bicyclic) bond motifs is 1. The van der Waals surface area contributed by atoms with Crippen molar-refractivity contribution in [3.63, 3.8) is 0 Å². The highest BCUT2D eigenvalue weighted by Crippen LogP contribution is 2.32. The van der Waals surface area contributed by atoms with Crippen molar-refractivity contribution in [2.45, 2.75) is 24.5 Å². The van der Waals surface area contributed by atoms with Gasteiger partial charge < -0.3 is 25.8 Å². The van der Waals surface area contributed by atoms with Gasteiger partial charge in [-0.2, -0.15) is 0 Å². The Labute approximate surface area is 107 Å². The molecule has 9 nitrogen and oxygen atoms in total. The van der Waals surface area contributed by atoms with E-state index in [1.54, 1.807) is 0 Å². The first-order valence-electron chi connectivity index (χ1n) is 5.69. The van der Waals surface area contributed by atoms with Crippen molar-refractivity contribution < 1.29 is 20.1 Å². The summed E-state index contributed by atoms with van der Waals surface area (Å²) in [5.74, 6) is 0.195. The molecule has 1 aliphatic heterocycles. The SMILES string of the molecule is Nc1ncnc2ncn(C3OC(CO)C(O)C3O)c12. The van der Waals surface area contributed by atoms with Crippen molar-refractivity contribution in [3.05, 3.63) is 12.7 Å². The van der Waals surface area contributed by atoms with E-state index in [9.17, 15) is 10.2 Å². The summed E-state index contributed by atoms with van der Waals surface area (Å²) < 4.78 is 6.86. The first kappa shape index (κ1) is 12.2. The van der Waals surface area contributed by atoms with Gasteiger partial charge in [0.2, 0.25) is 0 Å². The van der Waals surface area contributed by atoms with Crippen LogP contribution in [0, 0.1) is 0 Å². The summed E-state index contributed by atoms with van der Waals surface area (Å²) >= 11 is 0. The number of rotatable bonds is 2. The van der Waals surface area contributed by atoms with Crippen LogP contribution in [0.3, 0.4) is 0 Å². The van der Waals surface area contributed by atoms with Crippen LogP contribution in [0.15, 0.2) is 12.7 Å². The number of aliphatic hydroxyl groups is 3. The third kappa shape index (κ3) is 1.75. The second-order valence-electron chi connectivity index (χ2n) is 4.31. The van der Waals surface area contributed by atoms with Gasteiger partial charge in [-0.1, -0.05) is 0 Å². The summed E-state index contributed by atoms with van der Waals surface area (Å²) in [4.78, 5) is 11.8. The van der Waals surface area contributed by atoms with Gasteiger partial charge in [-0.15, -0.1) is 0 Å². The van der Waals surface area contributed by atoms with Gasteiger partial charge in [0.05, 0.1) is 6.61 Å². The number of anilines is 1. The molecule has 4 atom stereocenters. The summed E-state index contributed by atoms with van der Waals surface area (Å²) in [5, 5.41) is 28.8. The Morgan fingerprint density at radius 2 is 2.05 bits per heavy atom. The molecule has 1 aliphatic rings. The summed E-state index contributed by atoms with van der Waals surface area (Å²) in [6.07, 6.45) is -1.45. The topological polar surface area (TPSA) is 140 Å². The van der Waals surface area contributed by atoms with Crippen LogP contribution < -0.4 is 5.73 Å². The predicted octanol–water partition coefficient (Wildman–Crippen LogP) is -1.98. The van der Waals surface area contributed by atoms with Crippen molar-refractivity contribution in [1.82, 2.24) is 19.5 Å². The lowest BCUT2D eigenvalue weighted by Gasteiger charge is -2.17. The van der Waals surface area contributed by atoms with E-state index in [4.69, 9.17) is 15.6 Å². The van der Waals surface area contributed by atoms with Crippen molar-refractivity contribution in [2.75, 3.05) is 12.3 Å². The van der Waals surface area contributed by atoms with Gasteiger partial charge in [-0.25, -0.2) is 15.0 Å². The van der Waals surface area contributed by atoms with Crippen LogP contribution in [0.4, 0.5) is 5.82 Å². The second kappa shape index (κ2) is 4.38. The Balaban J connectivity index is 2.06. The fraction of sp³-hybridized carbons (Fsp3) is 0.500. The van der Waals surface area contributed by atoms with Gasteiger partial charge >= 0.3 is 0 Å². The van der Waals surface area contributed by atoms with E-state index in [1.165, 1.54) is 17.2 Å². The molecule has 5 N–H and O–H groups in total. The maximum atomic E-state index is 9.96. The molecule has 9 heteroatoms. The second-order valence-corrected chi connectivity index (χ2v) is 4.31. The molecule has 102 valence electrons. The van der Waals surface area contributed by atoms with Crippen molar-refractivity contribution in [2.24, 2.45) is 0 Å². The number of imidazole rings is 1. The molecule has 1 fully saturated rings. The molecule has 0 aliphatic carbocycles. The molecule has 0 bridgehead atoms. The number of hydrogen-bond acceptors (Lipinski definition) is 8. The summed E-state index contributed by atoms with van der Waals surface area (Å²) in [7, 11) is 0. The molecule has 0 saturated carbocycles. The van der Waals surface area contributed by atoms with E-state index >= 15 is 0 Å². The summed E-state index contributed by atoms with van der Waals surface area (Å²) in [6, 6.07) is 0. The highest BCUT2D eigenvalue weighted by molar-refractivity contribution is 5.81. The van der Waals surface area contributed by atoms with Gasteiger partial charge in [-0.05, 0) is 0 Å². The van der Waals surface area contributed by atoms with Gasteiger partial charge in [0.15, 0.2) is 17.7 Å². The standard InChI is InChI=1S/C10H13N5O4/c11-8-5-9(13-2-12-8)14-3-15(5)10-7(18)6(17)4(1-16)19-10/h2-4,6-7,10,16-18H,1H2,(H2,11,12,13). The van der Waals surface area contributed by atoms with E-state index in [1.807, 2.05) is 0 Å². The Morgan fingerprint density at radius 1 is 1.26 bits per heavy atom. The maximum Gasteiger partial charge on any atom is 0.183 e. The van der Waals surface area contributed by atoms with Crippen LogP contribution >= 0.6 is 0 Å². The van der Waals surface area contributed by atoms with Gasteiger partial charge in [0.1, 0.15) is 36.5 Å². The zero-order valence-corrected chi connectivity index (χ0v) is 9.79. The number of hydrogen-bond donors (Lipinski definition) is 4.